The number of hydroxylamine groups is 2. The molecule has 5 aliphatic heterocycles. The van der Waals surface area contributed by atoms with E-state index in [0.717, 1.165) is 22.4 Å². The molecule has 0 radical (unpaired) electrons. The number of halogens is 1. The molecule has 4 fully saturated rings. The molecule has 2 spiro atoms. The number of allylic oxidation sites excluding steroid dienone is 1. The van der Waals surface area contributed by atoms with E-state index in [1.54, 1.807) is 0 Å². The first-order valence-electron chi connectivity index (χ1n) is 5.46. The molecule has 2 aliphatic carbocycles. The fraction of sp³-hybridized carbons (Fsp3) is 0.545. The third kappa shape index (κ3) is 0.476. The van der Waals surface area contributed by atoms with Gasteiger partial charge < -0.3 is 4.74 Å². The minimum atomic E-state index is -0.510. The van der Waals surface area contributed by atoms with Gasteiger partial charge in [0, 0.05) is 0 Å². The topological polar surface area (TPSA) is 38.8 Å². The van der Waals surface area contributed by atoms with Gasteiger partial charge in [0.05, 0.1) is 5.41 Å². The summed E-state index contributed by atoms with van der Waals surface area (Å²) in [5.41, 5.74) is -0.849. The van der Waals surface area contributed by atoms with Crippen LogP contribution in [0.2, 0.25) is 0 Å². The maximum atomic E-state index is 12.3. The van der Waals surface area contributed by atoms with Crippen molar-refractivity contribution in [2.45, 2.75) is 25.0 Å². The van der Waals surface area contributed by atoms with Crippen molar-refractivity contribution in [1.29, 1.82) is 0 Å². The molecule has 7 rings (SSSR count). The van der Waals surface area contributed by atoms with Gasteiger partial charge >= 0.3 is 0 Å². The Morgan fingerprint density at radius 1 is 1.62 bits per heavy atom. The van der Waals surface area contributed by atoms with E-state index in [-0.39, 0.29) is 17.4 Å². The van der Waals surface area contributed by atoms with E-state index in [1.807, 2.05) is 6.08 Å². The van der Waals surface area contributed by atoms with E-state index in [2.05, 4.69) is 22.9 Å². The van der Waals surface area contributed by atoms with Crippen LogP contribution in [0.3, 0.4) is 0 Å². The van der Waals surface area contributed by atoms with Crippen LogP contribution < -0.4 is 0 Å². The van der Waals surface area contributed by atoms with Gasteiger partial charge in [-0.1, -0.05) is 6.92 Å². The Labute approximate surface area is 100.0 Å². The lowest BCUT2D eigenvalue weighted by Crippen LogP contribution is -2.66. The first-order chi connectivity index (χ1) is 7.63. The van der Waals surface area contributed by atoms with Crippen molar-refractivity contribution in [3.8, 4) is 0 Å². The van der Waals surface area contributed by atoms with Crippen LogP contribution in [0.25, 0.3) is 0 Å². The summed E-state index contributed by atoms with van der Waals surface area (Å²) >= 11 is 3.50. The quantitative estimate of drug-likeness (QED) is 0.675. The molecule has 4 nitrogen and oxygen atoms in total. The van der Waals surface area contributed by atoms with Crippen LogP contribution in [0.15, 0.2) is 22.1 Å². The van der Waals surface area contributed by atoms with Crippen LogP contribution in [0.5, 0.6) is 0 Å². The van der Waals surface area contributed by atoms with Crippen molar-refractivity contribution in [3.05, 3.63) is 22.1 Å². The number of hydrogen-bond donors (Lipinski definition) is 0. The van der Waals surface area contributed by atoms with Crippen molar-refractivity contribution in [2.75, 3.05) is 0 Å². The molecule has 0 N–H and O–H groups in total. The maximum Gasteiger partial charge on any atom is 0.256 e. The average molecular weight is 282 g/mol. The Morgan fingerprint density at radius 2 is 2.38 bits per heavy atom. The zero-order chi connectivity index (χ0) is 10.9. The van der Waals surface area contributed by atoms with Crippen molar-refractivity contribution in [3.63, 3.8) is 0 Å². The summed E-state index contributed by atoms with van der Waals surface area (Å²) < 4.78 is 6.59. The van der Waals surface area contributed by atoms with E-state index >= 15 is 0 Å². The molecule has 0 aromatic rings. The smallest absolute Gasteiger partial charge is 0.256 e. The largest absolute Gasteiger partial charge is 0.456 e. The van der Waals surface area contributed by atoms with Crippen LogP contribution in [0, 0.1) is 11.3 Å². The summed E-state index contributed by atoms with van der Waals surface area (Å²) in [5, 5.41) is 1.53. The minimum absolute atomic E-state index is 0.0741. The second-order valence-corrected chi connectivity index (χ2v) is 6.05. The van der Waals surface area contributed by atoms with Gasteiger partial charge in [-0.05, 0) is 34.3 Å². The van der Waals surface area contributed by atoms with Crippen LogP contribution in [-0.4, -0.2) is 22.6 Å². The molecule has 82 valence electrons. The van der Waals surface area contributed by atoms with E-state index in [9.17, 15) is 4.79 Å². The lowest BCUT2D eigenvalue weighted by atomic mass is 9.74. The Balaban J connectivity index is 1.82. The molecular weight excluding hydrogens is 274 g/mol. The maximum absolute atomic E-state index is 12.3. The summed E-state index contributed by atoms with van der Waals surface area (Å²) in [6, 6.07) is 0.0741. The molecule has 0 aromatic carbocycles. The Bertz CT molecular complexity index is 553. The molecule has 1 saturated carbocycles. The third-order valence-corrected chi connectivity index (χ3v) is 5.49. The van der Waals surface area contributed by atoms with E-state index in [1.165, 1.54) is 5.06 Å². The highest BCUT2D eigenvalue weighted by Gasteiger charge is 2.90. The van der Waals surface area contributed by atoms with E-state index in [4.69, 9.17) is 9.57 Å². The lowest BCUT2D eigenvalue weighted by Gasteiger charge is -2.53. The number of carbonyl (C=O) groups is 1. The van der Waals surface area contributed by atoms with E-state index in [0.29, 0.717) is 5.92 Å². The van der Waals surface area contributed by atoms with Crippen molar-refractivity contribution in [1.82, 2.24) is 5.06 Å². The third-order valence-electron chi connectivity index (χ3n) is 4.74. The summed E-state index contributed by atoms with van der Waals surface area (Å²) in [6.45, 7) is 2.11. The first kappa shape index (κ1) is 8.31. The fourth-order valence-corrected chi connectivity index (χ4v) is 4.40. The van der Waals surface area contributed by atoms with Gasteiger partial charge in [-0.15, -0.1) is 0 Å². The molecule has 0 aromatic heterocycles. The molecule has 1 amide bonds. The standard InChI is InChI=1S/C11H8BrNO3/c1-4-3-10(4)9(14)13-6-2-5-7(12)8(15-5)11(6,10)16-13/h2,4,6H,3H2,1H3/t4-,6-,10+,11+/m1/s1. The molecule has 7 aliphatic rings. The van der Waals surface area contributed by atoms with Crippen LogP contribution in [0.1, 0.15) is 13.3 Å². The molecule has 4 atom stereocenters. The Kier molecular flexibility index (Phi) is 0.978. The molecule has 3 saturated heterocycles. The second-order valence-electron chi connectivity index (χ2n) is 5.26. The summed E-state index contributed by atoms with van der Waals surface area (Å²) in [5.74, 6) is 2.22. The zero-order valence-electron chi connectivity index (χ0n) is 8.49. The zero-order valence-corrected chi connectivity index (χ0v) is 10.1. The average Bonchev–Trinajstić information content (AvgIpc) is 2.79. The van der Waals surface area contributed by atoms with Gasteiger partial charge in [0.15, 0.2) is 11.4 Å². The van der Waals surface area contributed by atoms with Crippen molar-refractivity contribution < 1.29 is 14.4 Å². The first-order valence-corrected chi connectivity index (χ1v) is 6.25. The SMILES string of the molecule is C[C@@H]1C[C@@]12C(=O)N1O[C@@]23C2=C(Br)C(=C[C@@H]13)O2. The second kappa shape index (κ2) is 1.88. The lowest BCUT2D eigenvalue weighted by molar-refractivity contribution is -0.328. The van der Waals surface area contributed by atoms with Gasteiger partial charge in [0.1, 0.15) is 16.3 Å². The molecule has 0 unspecified atom stereocenters. The predicted octanol–water partition coefficient (Wildman–Crippen LogP) is 1.44. The number of rotatable bonds is 0. The van der Waals surface area contributed by atoms with Crippen molar-refractivity contribution in [2.24, 2.45) is 11.3 Å². The molecule has 4 bridgehead atoms. The molecular formula is C11H8BrNO3. The number of ether oxygens (including phenoxy) is 1. The van der Waals surface area contributed by atoms with Gasteiger partial charge in [0.2, 0.25) is 0 Å². The van der Waals surface area contributed by atoms with Gasteiger partial charge in [-0.2, -0.15) is 0 Å². The van der Waals surface area contributed by atoms with Gasteiger partial charge in [0.25, 0.3) is 5.91 Å². The normalized spacial score (nSPS) is 54.2. The van der Waals surface area contributed by atoms with Crippen LogP contribution in [-0.2, 0) is 14.4 Å². The Morgan fingerprint density at radius 3 is 3.00 bits per heavy atom. The highest BCUT2D eigenvalue weighted by atomic mass is 79.9. The highest BCUT2D eigenvalue weighted by molar-refractivity contribution is 9.12. The summed E-state index contributed by atoms with van der Waals surface area (Å²) in [4.78, 5) is 18.0. The monoisotopic (exact) mass is 281 g/mol. The summed E-state index contributed by atoms with van der Waals surface area (Å²) in [6.07, 6.45) is 2.91. The van der Waals surface area contributed by atoms with Gasteiger partial charge in [-0.3, -0.25) is 9.63 Å². The van der Waals surface area contributed by atoms with Crippen molar-refractivity contribution >= 4 is 21.8 Å². The number of carbonyl (C=O) groups excluding carboxylic acids is 1. The summed E-state index contributed by atoms with van der Waals surface area (Å²) in [7, 11) is 0. The molecule has 5 heterocycles. The highest BCUT2D eigenvalue weighted by Crippen LogP contribution is 2.77. The number of hydrogen-bond acceptors (Lipinski definition) is 3. The minimum Gasteiger partial charge on any atom is -0.456 e. The number of amides is 1. The molecule has 16 heavy (non-hydrogen) atoms. The Hall–Kier alpha value is -0.810. The fourth-order valence-electron chi connectivity index (χ4n) is 3.81. The van der Waals surface area contributed by atoms with Crippen LogP contribution >= 0.6 is 15.9 Å². The van der Waals surface area contributed by atoms with Gasteiger partial charge in [-0.25, -0.2) is 5.06 Å². The van der Waals surface area contributed by atoms with E-state index < -0.39 is 5.60 Å². The number of nitrogens with zero attached hydrogens (tertiary/aromatic N) is 1. The molecule has 5 heteroatoms. The van der Waals surface area contributed by atoms with Crippen LogP contribution in [0.4, 0.5) is 0 Å². The predicted molar refractivity (Wildman–Crippen MR) is 55.8 cm³/mol.